The number of nitro groups is 1. The van der Waals surface area contributed by atoms with Crippen molar-refractivity contribution in [3.05, 3.63) is 39.7 Å². The summed E-state index contributed by atoms with van der Waals surface area (Å²) in [6.45, 7) is 3.42. The summed E-state index contributed by atoms with van der Waals surface area (Å²) in [5, 5.41) is 22.0. The number of nitrogens with zero attached hydrogens (tertiary/aromatic N) is 1. The van der Waals surface area contributed by atoms with Crippen molar-refractivity contribution < 1.29 is 19.2 Å². The summed E-state index contributed by atoms with van der Waals surface area (Å²) in [6, 6.07) is 2.75. The topological polar surface area (TPSA) is 92.5 Å². The van der Waals surface area contributed by atoms with Gasteiger partial charge in [0.25, 0.3) is 11.6 Å². The summed E-state index contributed by atoms with van der Waals surface area (Å²) in [5.74, 6) is -1.58. The third kappa shape index (κ3) is 3.99. The van der Waals surface area contributed by atoms with Gasteiger partial charge in [-0.2, -0.15) is 0 Å². The molecule has 6 nitrogen and oxygen atoms in total. The average Bonchev–Trinajstić information content (AvgIpc) is 2.36. The van der Waals surface area contributed by atoms with E-state index >= 15 is 0 Å². The van der Waals surface area contributed by atoms with Crippen molar-refractivity contribution >= 4 is 11.6 Å². The van der Waals surface area contributed by atoms with Crippen LogP contribution in [0.15, 0.2) is 18.2 Å². The quantitative estimate of drug-likeness (QED) is 0.626. The van der Waals surface area contributed by atoms with Crippen molar-refractivity contribution in [2.24, 2.45) is 5.41 Å². The number of nitrogens with one attached hydrogen (secondary N) is 1. The molecule has 0 radical (unpaired) electrons. The van der Waals surface area contributed by atoms with Gasteiger partial charge in [-0.3, -0.25) is 14.9 Å². The van der Waals surface area contributed by atoms with Crippen LogP contribution in [0.5, 0.6) is 0 Å². The second kappa shape index (κ2) is 5.75. The van der Waals surface area contributed by atoms with Crippen molar-refractivity contribution in [1.82, 2.24) is 5.32 Å². The van der Waals surface area contributed by atoms with Gasteiger partial charge in [0.2, 0.25) is 0 Å². The van der Waals surface area contributed by atoms with E-state index in [1.165, 1.54) is 0 Å². The Kier molecular flexibility index (Phi) is 4.55. The molecule has 0 aliphatic heterocycles. The zero-order valence-corrected chi connectivity index (χ0v) is 10.6. The van der Waals surface area contributed by atoms with Gasteiger partial charge in [0.15, 0.2) is 0 Å². The lowest BCUT2D eigenvalue weighted by atomic mass is 9.95. The Morgan fingerprint density at radius 3 is 2.68 bits per heavy atom. The monoisotopic (exact) mass is 270 g/mol. The highest BCUT2D eigenvalue weighted by Gasteiger charge is 2.21. The van der Waals surface area contributed by atoms with E-state index in [2.05, 4.69) is 5.32 Å². The third-order valence-electron chi connectivity index (χ3n) is 2.56. The second-order valence-corrected chi connectivity index (χ2v) is 4.93. The van der Waals surface area contributed by atoms with Crippen LogP contribution in [0.1, 0.15) is 24.2 Å². The van der Waals surface area contributed by atoms with E-state index in [4.69, 9.17) is 5.11 Å². The lowest BCUT2D eigenvalue weighted by Gasteiger charge is -2.21. The number of carbonyl (C=O) groups is 1. The van der Waals surface area contributed by atoms with Gasteiger partial charge in [-0.1, -0.05) is 13.8 Å². The number of aliphatic hydroxyl groups is 1. The highest BCUT2D eigenvalue weighted by Crippen LogP contribution is 2.17. The molecule has 1 rings (SSSR count). The van der Waals surface area contributed by atoms with Gasteiger partial charge in [-0.25, -0.2) is 4.39 Å². The van der Waals surface area contributed by atoms with Crippen LogP contribution in [0.25, 0.3) is 0 Å². The van der Waals surface area contributed by atoms with Crippen molar-refractivity contribution in [2.45, 2.75) is 13.8 Å². The van der Waals surface area contributed by atoms with Crippen molar-refractivity contribution in [1.29, 1.82) is 0 Å². The molecule has 104 valence electrons. The van der Waals surface area contributed by atoms with E-state index in [1.54, 1.807) is 13.8 Å². The number of nitro benzene ring substituents is 1. The van der Waals surface area contributed by atoms with Gasteiger partial charge in [-0.05, 0) is 6.07 Å². The summed E-state index contributed by atoms with van der Waals surface area (Å²) in [7, 11) is 0. The molecule has 0 unspecified atom stereocenters. The molecular formula is C12H15FN2O4. The number of hydrogen-bond acceptors (Lipinski definition) is 4. The zero-order chi connectivity index (χ0) is 14.6. The lowest BCUT2D eigenvalue weighted by Crippen LogP contribution is -2.36. The molecule has 1 aromatic carbocycles. The van der Waals surface area contributed by atoms with Gasteiger partial charge < -0.3 is 10.4 Å². The molecule has 0 aromatic heterocycles. The van der Waals surface area contributed by atoms with E-state index in [1.807, 2.05) is 0 Å². The maximum absolute atomic E-state index is 13.5. The highest BCUT2D eigenvalue weighted by molar-refractivity contribution is 5.95. The van der Waals surface area contributed by atoms with Gasteiger partial charge in [-0.15, -0.1) is 0 Å². The van der Waals surface area contributed by atoms with Crippen LogP contribution in [-0.2, 0) is 0 Å². The molecular weight excluding hydrogens is 255 g/mol. The van der Waals surface area contributed by atoms with E-state index in [9.17, 15) is 19.3 Å². The Morgan fingerprint density at radius 1 is 1.53 bits per heavy atom. The molecule has 2 N–H and O–H groups in total. The fourth-order valence-corrected chi connectivity index (χ4v) is 1.27. The van der Waals surface area contributed by atoms with Gasteiger partial charge >= 0.3 is 0 Å². The Balaban J connectivity index is 2.88. The maximum Gasteiger partial charge on any atom is 0.270 e. The van der Waals surface area contributed by atoms with Crippen LogP contribution in [0.3, 0.4) is 0 Å². The number of hydrogen-bond donors (Lipinski definition) is 2. The fourth-order valence-electron chi connectivity index (χ4n) is 1.27. The smallest absolute Gasteiger partial charge is 0.270 e. The molecule has 0 fully saturated rings. The van der Waals surface area contributed by atoms with Crippen LogP contribution in [0.4, 0.5) is 10.1 Å². The maximum atomic E-state index is 13.5. The molecule has 0 spiro atoms. The number of non-ortho nitro benzene ring substituents is 1. The molecule has 7 heteroatoms. The number of aliphatic hydroxyl groups excluding tert-OH is 1. The number of halogens is 1. The largest absolute Gasteiger partial charge is 0.396 e. The van der Waals surface area contributed by atoms with Crippen LogP contribution < -0.4 is 5.32 Å². The molecule has 19 heavy (non-hydrogen) atoms. The minimum atomic E-state index is -0.829. The standard InChI is InChI=1S/C12H15FN2O4/c1-12(2,7-16)6-14-11(17)9-5-8(15(18)19)3-4-10(9)13/h3-5,16H,6-7H2,1-2H3,(H,14,17). The molecule has 1 aromatic rings. The summed E-state index contributed by atoms with van der Waals surface area (Å²) in [4.78, 5) is 21.6. The predicted molar refractivity (Wildman–Crippen MR) is 66.3 cm³/mol. The molecule has 0 heterocycles. The second-order valence-electron chi connectivity index (χ2n) is 4.93. The number of rotatable bonds is 5. The summed E-state index contributed by atoms with van der Waals surface area (Å²) < 4.78 is 13.5. The summed E-state index contributed by atoms with van der Waals surface area (Å²) >= 11 is 0. The molecule has 0 atom stereocenters. The number of amides is 1. The van der Waals surface area contributed by atoms with Gasteiger partial charge in [0.1, 0.15) is 5.82 Å². The molecule has 0 aliphatic carbocycles. The number of benzene rings is 1. The SMILES string of the molecule is CC(C)(CO)CNC(=O)c1cc([N+](=O)[O-])ccc1F. The Hall–Kier alpha value is -2.02. The van der Waals surface area contributed by atoms with E-state index in [0.717, 1.165) is 18.2 Å². The Labute approximate surface area is 109 Å². The molecule has 1 amide bonds. The molecule has 0 saturated heterocycles. The van der Waals surface area contributed by atoms with Crippen LogP contribution >= 0.6 is 0 Å². The first-order valence-electron chi connectivity index (χ1n) is 5.60. The average molecular weight is 270 g/mol. The van der Waals surface area contributed by atoms with Gasteiger partial charge in [0.05, 0.1) is 10.5 Å². The lowest BCUT2D eigenvalue weighted by molar-refractivity contribution is -0.384. The molecule has 0 bridgehead atoms. The first kappa shape index (κ1) is 15.0. The highest BCUT2D eigenvalue weighted by atomic mass is 19.1. The van der Waals surface area contributed by atoms with Crippen molar-refractivity contribution in [3.63, 3.8) is 0 Å². The first-order valence-corrected chi connectivity index (χ1v) is 5.60. The minimum Gasteiger partial charge on any atom is -0.396 e. The first-order chi connectivity index (χ1) is 8.76. The summed E-state index contributed by atoms with van der Waals surface area (Å²) in [6.07, 6.45) is 0. The van der Waals surface area contributed by atoms with Crippen molar-refractivity contribution in [2.75, 3.05) is 13.2 Å². The van der Waals surface area contributed by atoms with Crippen molar-refractivity contribution in [3.8, 4) is 0 Å². The normalized spacial score (nSPS) is 11.2. The summed E-state index contributed by atoms with van der Waals surface area (Å²) in [5.41, 5.74) is -1.29. The fraction of sp³-hybridized carbons (Fsp3) is 0.417. The predicted octanol–water partition coefficient (Wildman–Crippen LogP) is 1.48. The minimum absolute atomic E-state index is 0.129. The number of carbonyl (C=O) groups excluding carboxylic acids is 1. The van der Waals surface area contributed by atoms with Crippen LogP contribution in [0.2, 0.25) is 0 Å². The zero-order valence-electron chi connectivity index (χ0n) is 10.6. The molecule has 0 aliphatic rings. The van der Waals surface area contributed by atoms with Gasteiger partial charge in [0, 0.05) is 30.7 Å². The van der Waals surface area contributed by atoms with E-state index in [0.29, 0.717) is 0 Å². The van der Waals surface area contributed by atoms with E-state index in [-0.39, 0.29) is 24.4 Å². The Morgan fingerprint density at radius 2 is 2.16 bits per heavy atom. The Bertz CT molecular complexity index is 503. The van der Waals surface area contributed by atoms with Crippen LogP contribution in [-0.4, -0.2) is 29.1 Å². The van der Waals surface area contributed by atoms with Crippen LogP contribution in [0, 0.1) is 21.3 Å². The van der Waals surface area contributed by atoms with E-state index < -0.39 is 22.1 Å². The molecule has 0 saturated carbocycles. The third-order valence-corrected chi connectivity index (χ3v) is 2.56.